The van der Waals surface area contributed by atoms with Crippen LogP contribution in [0.2, 0.25) is 10.0 Å². The highest BCUT2D eigenvalue weighted by atomic mass is 35.5. The van der Waals surface area contributed by atoms with Crippen LogP contribution in [0.1, 0.15) is 11.1 Å². The molecule has 0 saturated carbocycles. The Morgan fingerprint density at radius 1 is 1.15 bits per heavy atom. The Morgan fingerprint density at radius 3 is 2.30 bits per heavy atom. The van der Waals surface area contributed by atoms with Crippen molar-refractivity contribution in [3.8, 4) is 6.07 Å². The molecule has 1 N–H and O–H groups in total. The molecule has 0 radical (unpaired) electrons. The maximum atomic E-state index is 10.1. The number of H-pyrrole nitrogens is 1. The Bertz CT molecular complexity index is 936. The Kier molecular flexibility index (Phi) is 6.77. The number of nitrogens with zero attached hydrogens (tertiary/aromatic N) is 3. The van der Waals surface area contributed by atoms with Gasteiger partial charge in [-0.3, -0.25) is 4.98 Å². The first-order valence-corrected chi connectivity index (χ1v) is 8.40. The Hall–Kier alpha value is -3.08. The zero-order valence-electron chi connectivity index (χ0n) is 13.9. The molecule has 2 aromatic carbocycles. The molecule has 9 heteroatoms. The van der Waals surface area contributed by atoms with Crippen molar-refractivity contribution in [1.29, 1.82) is 5.26 Å². The molecule has 0 aliphatic rings. The molecule has 1 heterocycles. The van der Waals surface area contributed by atoms with E-state index in [2.05, 4.69) is 11.1 Å². The van der Waals surface area contributed by atoms with E-state index in [1.165, 1.54) is 0 Å². The number of hydrogen-bond donors (Lipinski definition) is 1. The quantitative estimate of drug-likeness (QED) is 0.404. The summed E-state index contributed by atoms with van der Waals surface area (Å²) in [4.78, 5) is 11.3. The van der Waals surface area contributed by atoms with E-state index in [1.807, 2.05) is 53.6 Å². The summed E-state index contributed by atoms with van der Waals surface area (Å²) in [7, 11) is 0. The third-order valence-corrected chi connectivity index (χ3v) is 4.47. The normalized spacial score (nSPS) is 12.2. The van der Waals surface area contributed by atoms with Gasteiger partial charge in [-0.05, 0) is 29.3 Å². The van der Waals surface area contributed by atoms with E-state index in [0.717, 1.165) is 11.1 Å². The van der Waals surface area contributed by atoms with Gasteiger partial charge in [-0.15, -0.1) is 0 Å². The van der Waals surface area contributed by atoms with Crippen LogP contribution in [0.3, 0.4) is 0 Å². The number of hydrogen-bond acceptors (Lipinski definition) is 4. The average molecular weight is 405 g/mol. The van der Waals surface area contributed by atoms with Gasteiger partial charge in [0.25, 0.3) is 0 Å². The maximum Gasteiger partial charge on any atom is 0.241 e. The lowest BCUT2D eigenvalue weighted by Crippen LogP contribution is -2.45. The lowest BCUT2D eigenvalue weighted by Gasteiger charge is -2.27. The van der Waals surface area contributed by atoms with Crippen LogP contribution >= 0.6 is 23.2 Å². The molecule has 1 aromatic heterocycles. The van der Waals surface area contributed by atoms with Crippen molar-refractivity contribution in [3.05, 3.63) is 104 Å². The molecule has 0 fully saturated rings. The van der Waals surface area contributed by atoms with Gasteiger partial charge >= 0.3 is 0 Å². The number of aromatic nitrogens is 2. The molecule has 0 spiro atoms. The third-order valence-electron chi connectivity index (χ3n) is 3.88. The van der Waals surface area contributed by atoms with E-state index in [-0.39, 0.29) is 0 Å². The van der Waals surface area contributed by atoms with Gasteiger partial charge in [0.1, 0.15) is 24.4 Å². The van der Waals surface area contributed by atoms with Gasteiger partial charge in [0, 0.05) is 10.0 Å². The number of halogens is 2. The first-order valence-electron chi connectivity index (χ1n) is 7.64. The summed E-state index contributed by atoms with van der Waals surface area (Å²) in [5, 5.41) is 26.1. The largest absolute Gasteiger partial charge is 0.356 e. The number of nitriles is 1. The summed E-state index contributed by atoms with van der Waals surface area (Å²) in [6, 6.07) is 17.3. The molecule has 3 aromatic rings. The maximum absolute atomic E-state index is 10.1. The monoisotopic (exact) mass is 404 g/mol. The van der Waals surface area contributed by atoms with E-state index in [9.17, 15) is 5.26 Å². The van der Waals surface area contributed by atoms with Crippen LogP contribution in [0.25, 0.3) is 0 Å². The summed E-state index contributed by atoms with van der Waals surface area (Å²) < 4.78 is 1.93. The fourth-order valence-electron chi connectivity index (χ4n) is 2.73. The van der Waals surface area contributed by atoms with Gasteiger partial charge < -0.3 is 15.3 Å². The molecule has 1 atom stereocenters. The van der Waals surface area contributed by atoms with Crippen LogP contribution in [0.5, 0.6) is 0 Å². The average Bonchev–Trinajstić information content (AvgIpc) is 3.14. The van der Waals surface area contributed by atoms with E-state index >= 15 is 0 Å². The minimum absolute atomic E-state index is 0.443. The van der Waals surface area contributed by atoms with Crippen molar-refractivity contribution in [3.63, 3.8) is 0 Å². The summed E-state index contributed by atoms with van der Waals surface area (Å²) in [6.45, 7) is 0.443. The molecule has 0 bridgehead atoms. The third kappa shape index (κ3) is 4.97. The fourth-order valence-corrected chi connectivity index (χ4v) is 3.15. The Morgan fingerprint density at radius 2 is 1.78 bits per heavy atom. The highest BCUT2D eigenvalue weighted by molar-refractivity contribution is 6.31. The minimum Gasteiger partial charge on any atom is -0.356 e. The summed E-state index contributed by atoms with van der Waals surface area (Å²) in [6.07, 6.45) is 5.52. The van der Waals surface area contributed by atoms with Crippen LogP contribution in [-0.4, -0.2) is 10.1 Å². The topological polar surface area (TPSA) is 110 Å². The SMILES string of the molecule is N#CC(C[n+]1cc[nH]c1)(c1ccc(Cl)cc1)c1ccccc1Cl.O=[N+]([O-])[O-]. The zero-order chi connectivity index (χ0) is 19.9. The summed E-state index contributed by atoms with van der Waals surface area (Å²) in [5.74, 6) is 0. The molecule has 138 valence electrons. The van der Waals surface area contributed by atoms with Crippen molar-refractivity contribution in [2.75, 3.05) is 0 Å². The first-order chi connectivity index (χ1) is 12.9. The van der Waals surface area contributed by atoms with Crippen LogP contribution in [0.4, 0.5) is 0 Å². The van der Waals surface area contributed by atoms with Crippen molar-refractivity contribution < 1.29 is 9.65 Å². The predicted molar refractivity (Wildman–Crippen MR) is 101 cm³/mol. The molecule has 1 unspecified atom stereocenters. The lowest BCUT2D eigenvalue weighted by molar-refractivity contribution is -0.700. The summed E-state index contributed by atoms with van der Waals surface area (Å²) >= 11 is 12.4. The highest BCUT2D eigenvalue weighted by Crippen LogP contribution is 2.37. The van der Waals surface area contributed by atoms with E-state index in [0.29, 0.717) is 16.6 Å². The van der Waals surface area contributed by atoms with Crippen LogP contribution in [0, 0.1) is 26.7 Å². The zero-order valence-corrected chi connectivity index (χ0v) is 15.4. The second-order valence-corrected chi connectivity index (χ2v) is 6.35. The molecular weight excluding hydrogens is 391 g/mol. The fraction of sp³-hybridized carbons (Fsp3) is 0.111. The minimum atomic E-state index is -1.75. The molecule has 0 aliphatic carbocycles. The number of nitrogens with one attached hydrogen (secondary N) is 1. The van der Waals surface area contributed by atoms with Crippen molar-refractivity contribution >= 4 is 23.2 Å². The van der Waals surface area contributed by atoms with E-state index < -0.39 is 10.5 Å². The summed E-state index contributed by atoms with van der Waals surface area (Å²) in [5.41, 5.74) is 0.724. The van der Waals surface area contributed by atoms with Crippen molar-refractivity contribution in [1.82, 2.24) is 4.98 Å². The first kappa shape index (κ1) is 20.2. The molecule has 0 aliphatic heterocycles. The smallest absolute Gasteiger partial charge is 0.241 e. The Balaban J connectivity index is 0.000000596. The van der Waals surface area contributed by atoms with Gasteiger partial charge in [0.15, 0.2) is 0 Å². The molecule has 27 heavy (non-hydrogen) atoms. The van der Waals surface area contributed by atoms with E-state index in [4.69, 9.17) is 38.5 Å². The standard InChI is InChI=1S/C18H13Cl2N3.NO3/c19-15-7-5-14(6-8-15)18(11-21,12-23-10-9-22-13-23)16-3-1-2-4-17(16)20;2-1(3)4/h1-10,13H,12H2;/q;-1/p+1. The van der Waals surface area contributed by atoms with Gasteiger partial charge in [0.2, 0.25) is 6.33 Å². The van der Waals surface area contributed by atoms with Crippen molar-refractivity contribution in [2.45, 2.75) is 12.0 Å². The van der Waals surface area contributed by atoms with E-state index in [1.54, 1.807) is 18.2 Å². The number of rotatable bonds is 4. The number of imidazole rings is 1. The van der Waals surface area contributed by atoms with Gasteiger partial charge in [-0.1, -0.05) is 53.5 Å². The Labute approximate surface area is 165 Å². The van der Waals surface area contributed by atoms with Crippen LogP contribution in [-0.2, 0) is 12.0 Å². The molecule has 3 rings (SSSR count). The van der Waals surface area contributed by atoms with Crippen LogP contribution < -0.4 is 4.57 Å². The second-order valence-electron chi connectivity index (χ2n) is 5.51. The molecular formula is C18H14Cl2N4O3. The van der Waals surface area contributed by atoms with Gasteiger partial charge in [0.05, 0.1) is 11.2 Å². The molecule has 0 amide bonds. The predicted octanol–water partition coefficient (Wildman–Crippen LogP) is 3.88. The second kappa shape index (κ2) is 9.03. The van der Waals surface area contributed by atoms with Gasteiger partial charge in [-0.25, -0.2) is 4.57 Å². The lowest BCUT2D eigenvalue weighted by atomic mass is 9.75. The molecule has 7 nitrogen and oxygen atoms in total. The number of aromatic amines is 1. The van der Waals surface area contributed by atoms with Crippen molar-refractivity contribution in [2.24, 2.45) is 0 Å². The van der Waals surface area contributed by atoms with Crippen LogP contribution in [0.15, 0.2) is 67.3 Å². The highest BCUT2D eigenvalue weighted by Gasteiger charge is 2.39. The van der Waals surface area contributed by atoms with Gasteiger partial charge in [-0.2, -0.15) is 5.26 Å². The molecule has 0 saturated heterocycles. The number of benzene rings is 2.